The van der Waals surface area contributed by atoms with E-state index in [1.807, 2.05) is 6.92 Å². The van der Waals surface area contributed by atoms with E-state index in [1.54, 1.807) is 12.6 Å². The molecule has 0 aliphatic rings. The van der Waals surface area contributed by atoms with Crippen LogP contribution in [0.5, 0.6) is 5.75 Å². The molecule has 0 radical (unpaired) electrons. The van der Waals surface area contributed by atoms with Gasteiger partial charge in [-0.2, -0.15) is 0 Å². The van der Waals surface area contributed by atoms with Crippen molar-refractivity contribution >= 4 is 22.9 Å². The number of carbonyl (C=O) groups excluding carboxylic acids is 1. The summed E-state index contributed by atoms with van der Waals surface area (Å²) in [4.78, 5) is 29.1. The van der Waals surface area contributed by atoms with Gasteiger partial charge in [0.1, 0.15) is 11.3 Å². The van der Waals surface area contributed by atoms with Crippen LogP contribution in [0, 0.1) is 17.0 Å². The van der Waals surface area contributed by atoms with E-state index in [4.69, 9.17) is 0 Å². The van der Waals surface area contributed by atoms with Gasteiger partial charge in [-0.05, 0) is 19.1 Å². The Labute approximate surface area is 124 Å². The van der Waals surface area contributed by atoms with E-state index in [0.29, 0.717) is 6.54 Å². The molecule has 0 bridgehead atoms. The van der Waals surface area contributed by atoms with Gasteiger partial charge in [0.2, 0.25) is 0 Å². The Morgan fingerprint density at radius 2 is 2.24 bits per heavy atom. The van der Waals surface area contributed by atoms with Gasteiger partial charge in [0.05, 0.1) is 22.7 Å². The summed E-state index contributed by atoms with van der Waals surface area (Å²) in [7, 11) is 1.55. The van der Waals surface area contributed by atoms with Crippen LogP contribution in [0.25, 0.3) is 0 Å². The van der Waals surface area contributed by atoms with E-state index in [2.05, 4.69) is 4.98 Å². The van der Waals surface area contributed by atoms with Crippen LogP contribution in [0.3, 0.4) is 0 Å². The number of nitro groups is 1. The van der Waals surface area contributed by atoms with E-state index < -0.39 is 10.8 Å². The minimum Gasteiger partial charge on any atom is -0.508 e. The molecule has 0 saturated carbocycles. The largest absolute Gasteiger partial charge is 0.508 e. The van der Waals surface area contributed by atoms with Crippen molar-refractivity contribution in [1.82, 2.24) is 9.88 Å². The van der Waals surface area contributed by atoms with Gasteiger partial charge >= 0.3 is 0 Å². The Bertz CT molecular complexity index is 698. The van der Waals surface area contributed by atoms with Crippen LogP contribution < -0.4 is 0 Å². The molecule has 1 aromatic carbocycles. The van der Waals surface area contributed by atoms with Crippen LogP contribution in [-0.4, -0.2) is 32.9 Å². The van der Waals surface area contributed by atoms with Crippen molar-refractivity contribution in [2.75, 3.05) is 7.05 Å². The summed E-state index contributed by atoms with van der Waals surface area (Å²) in [6.45, 7) is 2.14. The highest BCUT2D eigenvalue weighted by atomic mass is 32.1. The van der Waals surface area contributed by atoms with E-state index in [1.165, 1.54) is 22.3 Å². The molecule has 8 heteroatoms. The second-order valence-electron chi connectivity index (χ2n) is 4.48. The first-order valence-electron chi connectivity index (χ1n) is 6.02. The fourth-order valence-corrected chi connectivity index (χ4v) is 2.65. The summed E-state index contributed by atoms with van der Waals surface area (Å²) in [6, 6.07) is 3.41. The molecule has 0 aliphatic carbocycles. The van der Waals surface area contributed by atoms with Crippen molar-refractivity contribution in [2.24, 2.45) is 0 Å². The zero-order valence-corrected chi connectivity index (χ0v) is 12.3. The number of aromatic hydroxyl groups is 1. The first-order chi connectivity index (χ1) is 9.90. The predicted octanol–water partition coefficient (Wildman–Crippen LogP) is 2.34. The number of aryl methyl sites for hydroxylation is 1. The fraction of sp³-hybridized carbons (Fsp3) is 0.231. The highest BCUT2D eigenvalue weighted by molar-refractivity contribution is 7.09. The highest BCUT2D eigenvalue weighted by Gasteiger charge is 2.24. The number of phenols is 1. The zero-order chi connectivity index (χ0) is 15.6. The summed E-state index contributed by atoms with van der Waals surface area (Å²) in [5.74, 6) is -0.711. The molecule has 0 spiro atoms. The van der Waals surface area contributed by atoms with Gasteiger partial charge in [-0.3, -0.25) is 14.9 Å². The van der Waals surface area contributed by atoms with Gasteiger partial charge in [0, 0.05) is 18.0 Å². The number of thiazole rings is 1. The lowest BCUT2D eigenvalue weighted by molar-refractivity contribution is -0.385. The molecule has 21 heavy (non-hydrogen) atoms. The van der Waals surface area contributed by atoms with E-state index in [-0.39, 0.29) is 17.0 Å². The molecule has 2 rings (SSSR count). The lowest BCUT2D eigenvalue weighted by Gasteiger charge is -2.16. The SMILES string of the molecule is Cc1ncsc1CN(C)C(=O)c1cc(O)ccc1[N+](=O)[O-]. The number of phenolic OH excluding ortho intramolecular Hbond substituents is 1. The van der Waals surface area contributed by atoms with Crippen LogP contribution in [0.1, 0.15) is 20.9 Å². The molecule has 1 aromatic heterocycles. The predicted molar refractivity (Wildman–Crippen MR) is 77.4 cm³/mol. The van der Waals surface area contributed by atoms with E-state index >= 15 is 0 Å². The van der Waals surface area contributed by atoms with Gasteiger partial charge in [-0.1, -0.05) is 0 Å². The summed E-state index contributed by atoms with van der Waals surface area (Å²) >= 11 is 1.42. The molecule has 0 aliphatic heterocycles. The van der Waals surface area contributed by atoms with Gasteiger partial charge < -0.3 is 10.0 Å². The van der Waals surface area contributed by atoms with Crippen LogP contribution in [0.2, 0.25) is 0 Å². The van der Waals surface area contributed by atoms with E-state index in [0.717, 1.165) is 22.7 Å². The van der Waals surface area contributed by atoms with Gasteiger partial charge in [0.15, 0.2) is 0 Å². The van der Waals surface area contributed by atoms with Gasteiger partial charge in [-0.25, -0.2) is 4.98 Å². The fourth-order valence-electron chi connectivity index (χ4n) is 1.83. The molecule has 1 heterocycles. The maximum atomic E-state index is 12.4. The number of carbonyl (C=O) groups is 1. The van der Waals surface area contributed by atoms with Crippen molar-refractivity contribution in [3.63, 3.8) is 0 Å². The number of benzene rings is 1. The second-order valence-corrected chi connectivity index (χ2v) is 5.42. The van der Waals surface area contributed by atoms with Gasteiger partial charge in [0.25, 0.3) is 11.6 Å². The van der Waals surface area contributed by atoms with Crippen molar-refractivity contribution in [2.45, 2.75) is 13.5 Å². The normalized spacial score (nSPS) is 10.4. The minimum atomic E-state index is -0.640. The maximum Gasteiger partial charge on any atom is 0.282 e. The monoisotopic (exact) mass is 307 g/mol. The first-order valence-corrected chi connectivity index (χ1v) is 6.90. The number of hydrogen-bond donors (Lipinski definition) is 1. The molecule has 0 atom stereocenters. The van der Waals surface area contributed by atoms with E-state index in [9.17, 15) is 20.0 Å². The van der Waals surface area contributed by atoms with Crippen LogP contribution >= 0.6 is 11.3 Å². The standard InChI is InChI=1S/C13H13N3O4S/c1-8-12(21-7-14-8)6-15(2)13(18)10-5-9(17)3-4-11(10)16(19)20/h3-5,7,17H,6H2,1-2H3. The Morgan fingerprint density at radius 3 is 2.81 bits per heavy atom. The van der Waals surface area contributed by atoms with Crippen molar-refractivity contribution < 1.29 is 14.8 Å². The molecular weight excluding hydrogens is 294 g/mol. The average Bonchev–Trinajstić information content (AvgIpc) is 2.83. The minimum absolute atomic E-state index is 0.135. The Hall–Kier alpha value is -2.48. The van der Waals surface area contributed by atoms with Crippen LogP contribution in [0.4, 0.5) is 5.69 Å². The number of hydrogen-bond acceptors (Lipinski definition) is 6. The van der Waals surface area contributed by atoms with Crippen LogP contribution in [0.15, 0.2) is 23.7 Å². The molecule has 110 valence electrons. The Kier molecular flexibility index (Phi) is 4.18. The smallest absolute Gasteiger partial charge is 0.282 e. The number of amides is 1. The lowest BCUT2D eigenvalue weighted by Crippen LogP contribution is -2.26. The number of aromatic nitrogens is 1. The number of rotatable bonds is 4. The van der Waals surface area contributed by atoms with Crippen molar-refractivity contribution in [1.29, 1.82) is 0 Å². The third-order valence-corrected chi connectivity index (χ3v) is 3.90. The van der Waals surface area contributed by atoms with Crippen LogP contribution in [-0.2, 0) is 6.54 Å². The number of nitro benzene ring substituents is 1. The third kappa shape index (κ3) is 3.16. The van der Waals surface area contributed by atoms with Crippen molar-refractivity contribution in [3.8, 4) is 5.75 Å². The molecule has 0 fully saturated rings. The average molecular weight is 307 g/mol. The summed E-state index contributed by atoms with van der Waals surface area (Å²) in [6.07, 6.45) is 0. The quantitative estimate of drug-likeness (QED) is 0.690. The lowest BCUT2D eigenvalue weighted by atomic mass is 10.1. The summed E-state index contributed by atoms with van der Waals surface area (Å²) in [5, 5.41) is 20.4. The zero-order valence-electron chi connectivity index (χ0n) is 11.4. The summed E-state index contributed by atoms with van der Waals surface area (Å²) < 4.78 is 0. The molecule has 1 N–H and O–H groups in total. The van der Waals surface area contributed by atoms with Crippen molar-refractivity contribution in [3.05, 3.63) is 50.0 Å². The topological polar surface area (TPSA) is 96.6 Å². The first kappa shape index (κ1) is 14.9. The Balaban J connectivity index is 2.29. The molecule has 0 saturated heterocycles. The summed E-state index contributed by atoms with van der Waals surface area (Å²) in [5.41, 5.74) is 2.04. The molecule has 1 amide bonds. The molecular formula is C13H13N3O4S. The molecule has 0 unspecified atom stereocenters. The molecule has 7 nitrogen and oxygen atoms in total. The number of nitrogens with zero attached hydrogens (tertiary/aromatic N) is 3. The van der Waals surface area contributed by atoms with Gasteiger partial charge in [-0.15, -0.1) is 11.3 Å². The highest BCUT2D eigenvalue weighted by Crippen LogP contribution is 2.25. The molecule has 2 aromatic rings. The maximum absolute atomic E-state index is 12.4. The third-order valence-electron chi connectivity index (χ3n) is 2.98. The Morgan fingerprint density at radius 1 is 1.52 bits per heavy atom. The second kappa shape index (κ2) is 5.88.